The third-order valence-corrected chi connectivity index (χ3v) is 3.40. The molecule has 0 fully saturated rings. The molecule has 0 bridgehead atoms. The second-order valence-corrected chi connectivity index (χ2v) is 6.26. The smallest absolute Gasteiger partial charge is 0.322 e. The maximum Gasteiger partial charge on any atom is 0.322 e. The van der Waals surface area contributed by atoms with E-state index in [1.54, 1.807) is 0 Å². The number of aromatic nitrogens is 2. The van der Waals surface area contributed by atoms with E-state index in [4.69, 9.17) is 4.42 Å². The van der Waals surface area contributed by atoms with Crippen LogP contribution in [0.2, 0.25) is 0 Å². The number of nitrogens with zero attached hydrogens (tertiary/aromatic N) is 3. The van der Waals surface area contributed by atoms with E-state index in [-0.39, 0.29) is 11.4 Å². The molecule has 3 rings (SSSR count). The summed E-state index contributed by atoms with van der Waals surface area (Å²) < 4.78 is 19.1. The molecule has 0 aliphatic carbocycles. The van der Waals surface area contributed by atoms with Crippen LogP contribution < -0.4 is 10.2 Å². The molecule has 1 aromatic heterocycles. The van der Waals surface area contributed by atoms with E-state index in [0.717, 1.165) is 24.2 Å². The van der Waals surface area contributed by atoms with Gasteiger partial charge in [-0.2, -0.15) is 0 Å². The van der Waals surface area contributed by atoms with Gasteiger partial charge in [-0.1, -0.05) is 11.2 Å². The van der Waals surface area contributed by atoms with Crippen molar-refractivity contribution in [1.29, 1.82) is 0 Å². The lowest BCUT2D eigenvalue weighted by Gasteiger charge is -2.18. The number of fused-ring (bicyclic) bond motifs is 1. The van der Waals surface area contributed by atoms with Crippen molar-refractivity contribution in [1.82, 2.24) is 15.5 Å². The van der Waals surface area contributed by atoms with E-state index in [9.17, 15) is 4.39 Å². The van der Waals surface area contributed by atoms with Crippen molar-refractivity contribution < 1.29 is 8.81 Å². The highest BCUT2D eigenvalue weighted by Crippen LogP contribution is 2.34. The Labute approximate surface area is 123 Å². The topological polar surface area (TPSA) is 54.2 Å². The molecule has 1 aromatic carbocycles. The minimum Gasteiger partial charge on any atom is -0.406 e. The van der Waals surface area contributed by atoms with Gasteiger partial charge >= 0.3 is 6.01 Å². The lowest BCUT2D eigenvalue weighted by Crippen LogP contribution is -2.35. The highest BCUT2D eigenvalue weighted by atomic mass is 19.1. The highest BCUT2D eigenvalue weighted by molar-refractivity contribution is 5.64. The maximum absolute atomic E-state index is 13.4. The third-order valence-electron chi connectivity index (χ3n) is 3.40. The lowest BCUT2D eigenvalue weighted by atomic mass is 10.1. The predicted octanol–water partition coefficient (Wildman–Crippen LogP) is 2.79. The van der Waals surface area contributed by atoms with Crippen LogP contribution in [-0.2, 0) is 13.0 Å². The van der Waals surface area contributed by atoms with Crippen molar-refractivity contribution in [3.05, 3.63) is 35.5 Å². The molecule has 2 heterocycles. The fraction of sp³-hybridized carbons (Fsp3) is 0.467. The zero-order chi connectivity index (χ0) is 15.0. The maximum atomic E-state index is 13.4. The van der Waals surface area contributed by atoms with Crippen molar-refractivity contribution in [3.63, 3.8) is 0 Å². The Morgan fingerprint density at radius 1 is 1.33 bits per heavy atom. The second-order valence-electron chi connectivity index (χ2n) is 6.26. The van der Waals surface area contributed by atoms with Gasteiger partial charge in [0.05, 0.1) is 12.2 Å². The lowest BCUT2D eigenvalue weighted by molar-refractivity contribution is 0.382. The number of hydrogen-bond donors (Lipinski definition) is 1. The van der Waals surface area contributed by atoms with Gasteiger partial charge in [0, 0.05) is 12.1 Å². The van der Waals surface area contributed by atoms with Gasteiger partial charge < -0.3 is 9.73 Å². The fourth-order valence-corrected chi connectivity index (χ4v) is 2.32. The fourth-order valence-electron chi connectivity index (χ4n) is 2.32. The van der Waals surface area contributed by atoms with Crippen LogP contribution in [0.25, 0.3) is 0 Å². The molecule has 0 amide bonds. The Morgan fingerprint density at radius 3 is 2.90 bits per heavy atom. The first-order valence-electron chi connectivity index (χ1n) is 7.06. The molecule has 21 heavy (non-hydrogen) atoms. The molecule has 0 saturated carbocycles. The number of anilines is 2. The van der Waals surface area contributed by atoms with Crippen LogP contribution in [-0.4, -0.2) is 22.3 Å². The molecule has 0 saturated heterocycles. The minimum atomic E-state index is -0.255. The van der Waals surface area contributed by atoms with E-state index in [0.29, 0.717) is 18.5 Å². The summed E-state index contributed by atoms with van der Waals surface area (Å²) in [6.45, 7) is 7.46. The first-order valence-corrected chi connectivity index (χ1v) is 7.06. The monoisotopic (exact) mass is 290 g/mol. The summed E-state index contributed by atoms with van der Waals surface area (Å²) >= 11 is 0. The highest BCUT2D eigenvalue weighted by Gasteiger charge is 2.25. The molecule has 1 aliphatic heterocycles. The number of halogens is 1. The van der Waals surface area contributed by atoms with E-state index in [1.165, 1.54) is 12.1 Å². The third kappa shape index (κ3) is 3.05. The zero-order valence-electron chi connectivity index (χ0n) is 12.5. The quantitative estimate of drug-likeness (QED) is 0.942. The van der Waals surface area contributed by atoms with E-state index >= 15 is 0 Å². The van der Waals surface area contributed by atoms with Gasteiger partial charge in [0.2, 0.25) is 5.89 Å². The van der Waals surface area contributed by atoms with Gasteiger partial charge in [0.15, 0.2) is 0 Å². The molecule has 2 aromatic rings. The van der Waals surface area contributed by atoms with Crippen LogP contribution in [0.1, 0.15) is 32.2 Å². The number of rotatable bonds is 3. The molecule has 6 heteroatoms. The first-order chi connectivity index (χ1) is 9.92. The molecule has 0 unspecified atom stereocenters. The number of hydrogen-bond acceptors (Lipinski definition) is 5. The summed E-state index contributed by atoms with van der Waals surface area (Å²) in [6, 6.07) is 5.22. The van der Waals surface area contributed by atoms with E-state index in [1.807, 2.05) is 11.0 Å². The predicted molar refractivity (Wildman–Crippen MR) is 78.0 cm³/mol. The van der Waals surface area contributed by atoms with E-state index < -0.39 is 0 Å². The largest absolute Gasteiger partial charge is 0.406 e. The van der Waals surface area contributed by atoms with Crippen molar-refractivity contribution >= 4 is 11.7 Å². The Kier molecular flexibility index (Phi) is 3.41. The first kappa shape index (κ1) is 14.0. The summed E-state index contributed by atoms with van der Waals surface area (Å²) in [5, 5.41) is 11.4. The van der Waals surface area contributed by atoms with Crippen molar-refractivity contribution in [3.8, 4) is 0 Å². The number of benzene rings is 1. The van der Waals surface area contributed by atoms with Crippen LogP contribution in [0.3, 0.4) is 0 Å². The summed E-state index contributed by atoms with van der Waals surface area (Å²) in [4.78, 5) is 1.87. The standard InChI is InChI=1S/C15H19FN4O/c1-15(2,3)17-9-13-18-19-14(21-13)20-7-6-10-4-5-11(16)8-12(10)20/h4-5,8,17H,6-7,9H2,1-3H3. The molecule has 1 aliphatic rings. The molecular weight excluding hydrogens is 271 g/mol. The second kappa shape index (κ2) is 5.11. The Hall–Kier alpha value is -1.95. The molecular formula is C15H19FN4O. The molecule has 112 valence electrons. The van der Waals surface area contributed by atoms with Crippen LogP contribution in [0, 0.1) is 5.82 Å². The van der Waals surface area contributed by atoms with Gasteiger partial charge in [-0.3, -0.25) is 4.90 Å². The normalized spacial score (nSPS) is 14.6. The average Bonchev–Trinajstić information content (AvgIpc) is 3.00. The molecule has 0 radical (unpaired) electrons. The summed E-state index contributed by atoms with van der Waals surface area (Å²) in [5.74, 6) is 0.277. The SMILES string of the molecule is CC(C)(C)NCc1nnc(N2CCc3ccc(F)cc32)o1. The van der Waals surface area contributed by atoms with Gasteiger partial charge in [-0.25, -0.2) is 4.39 Å². The Bertz CT molecular complexity index is 647. The minimum absolute atomic E-state index is 0.0159. The van der Waals surface area contributed by atoms with E-state index in [2.05, 4.69) is 36.3 Å². The van der Waals surface area contributed by atoms with Crippen LogP contribution >= 0.6 is 0 Å². The zero-order valence-corrected chi connectivity index (χ0v) is 12.5. The van der Waals surface area contributed by atoms with Crippen LogP contribution in [0.4, 0.5) is 16.1 Å². The Balaban J connectivity index is 1.78. The van der Waals surface area contributed by atoms with Crippen molar-refractivity contribution in [2.45, 2.75) is 39.3 Å². The van der Waals surface area contributed by atoms with Crippen LogP contribution in [0.5, 0.6) is 0 Å². The molecule has 0 spiro atoms. The molecule has 1 N–H and O–H groups in total. The van der Waals surface area contributed by atoms with Crippen LogP contribution in [0.15, 0.2) is 22.6 Å². The Morgan fingerprint density at radius 2 is 2.14 bits per heavy atom. The van der Waals surface area contributed by atoms with Gasteiger partial charge in [-0.15, -0.1) is 5.10 Å². The number of nitrogens with one attached hydrogen (secondary N) is 1. The molecule has 0 atom stereocenters. The summed E-state index contributed by atoms with van der Waals surface area (Å²) in [6.07, 6.45) is 0.855. The summed E-state index contributed by atoms with van der Waals surface area (Å²) in [7, 11) is 0. The van der Waals surface area contributed by atoms with Gasteiger partial charge in [-0.05, 0) is 44.9 Å². The average molecular weight is 290 g/mol. The van der Waals surface area contributed by atoms with Gasteiger partial charge in [0.1, 0.15) is 5.82 Å². The van der Waals surface area contributed by atoms with Crippen molar-refractivity contribution in [2.24, 2.45) is 0 Å². The van der Waals surface area contributed by atoms with Crippen molar-refractivity contribution in [2.75, 3.05) is 11.4 Å². The molecule has 5 nitrogen and oxygen atoms in total. The van der Waals surface area contributed by atoms with Gasteiger partial charge in [0.25, 0.3) is 0 Å². The summed E-state index contributed by atoms with van der Waals surface area (Å²) in [5.41, 5.74) is 1.90.